The molecule has 1 rings (SSSR count). The van der Waals surface area contributed by atoms with E-state index in [4.69, 9.17) is 16.7 Å². The Labute approximate surface area is 81.8 Å². The second kappa shape index (κ2) is 4.30. The van der Waals surface area contributed by atoms with Crippen molar-refractivity contribution in [2.75, 3.05) is 5.75 Å². The van der Waals surface area contributed by atoms with Gasteiger partial charge in [0.15, 0.2) is 0 Å². The van der Waals surface area contributed by atoms with Crippen molar-refractivity contribution in [2.45, 2.75) is 0 Å². The van der Waals surface area contributed by atoms with E-state index in [-0.39, 0.29) is 5.75 Å². The SMILES string of the molecule is Oc1ccc(Cl)c(C#CCS)c1. The molecule has 0 heterocycles. The van der Waals surface area contributed by atoms with E-state index in [1.54, 1.807) is 6.07 Å². The minimum absolute atomic E-state index is 0.169. The zero-order valence-electron chi connectivity index (χ0n) is 6.21. The van der Waals surface area contributed by atoms with E-state index >= 15 is 0 Å². The number of phenolic OH excluding ortho intramolecular Hbond substituents is 1. The first-order valence-corrected chi connectivity index (χ1v) is 4.33. The largest absolute Gasteiger partial charge is 0.508 e. The molecule has 1 nitrogen and oxygen atoms in total. The van der Waals surface area contributed by atoms with Gasteiger partial charge in [0, 0.05) is 5.56 Å². The van der Waals surface area contributed by atoms with Gasteiger partial charge >= 0.3 is 0 Å². The van der Waals surface area contributed by atoms with E-state index in [0.29, 0.717) is 16.3 Å². The highest BCUT2D eigenvalue weighted by Gasteiger charge is 1.96. The van der Waals surface area contributed by atoms with E-state index < -0.39 is 0 Å². The number of halogens is 1. The molecule has 1 aromatic rings. The molecule has 0 atom stereocenters. The Morgan fingerprint density at radius 1 is 1.50 bits per heavy atom. The van der Waals surface area contributed by atoms with Gasteiger partial charge in [0.25, 0.3) is 0 Å². The zero-order valence-corrected chi connectivity index (χ0v) is 7.86. The molecule has 0 radical (unpaired) electrons. The van der Waals surface area contributed by atoms with Crippen LogP contribution in [0.5, 0.6) is 5.75 Å². The summed E-state index contributed by atoms with van der Waals surface area (Å²) in [6, 6.07) is 4.66. The van der Waals surface area contributed by atoms with Crippen LogP contribution in [0, 0.1) is 11.8 Å². The first-order chi connectivity index (χ1) is 5.74. The lowest BCUT2D eigenvalue weighted by Gasteiger charge is -1.95. The van der Waals surface area contributed by atoms with Gasteiger partial charge in [-0.3, -0.25) is 0 Å². The molecular weight excluding hydrogens is 192 g/mol. The highest BCUT2D eigenvalue weighted by atomic mass is 35.5. The van der Waals surface area contributed by atoms with Crippen LogP contribution in [0.15, 0.2) is 18.2 Å². The highest BCUT2D eigenvalue weighted by Crippen LogP contribution is 2.19. The summed E-state index contributed by atoms with van der Waals surface area (Å²) in [6.07, 6.45) is 0. The van der Waals surface area contributed by atoms with Crippen LogP contribution in [-0.2, 0) is 0 Å². The fourth-order valence-electron chi connectivity index (χ4n) is 0.744. The van der Waals surface area contributed by atoms with E-state index in [0.717, 1.165) is 0 Å². The number of aromatic hydroxyl groups is 1. The molecule has 0 fully saturated rings. The molecule has 0 aliphatic heterocycles. The van der Waals surface area contributed by atoms with Gasteiger partial charge in [0.05, 0.1) is 10.8 Å². The van der Waals surface area contributed by atoms with Crippen molar-refractivity contribution < 1.29 is 5.11 Å². The minimum Gasteiger partial charge on any atom is -0.508 e. The van der Waals surface area contributed by atoms with Gasteiger partial charge in [-0.2, -0.15) is 12.6 Å². The molecule has 0 unspecified atom stereocenters. The standard InChI is InChI=1S/C9H7ClOS/c10-9-4-3-8(11)6-7(9)2-1-5-12/h3-4,6,11-12H,5H2. The smallest absolute Gasteiger partial charge is 0.116 e. The van der Waals surface area contributed by atoms with Crippen LogP contribution in [0.4, 0.5) is 0 Å². The third-order valence-electron chi connectivity index (χ3n) is 1.25. The first kappa shape index (κ1) is 9.31. The van der Waals surface area contributed by atoms with Crippen LogP contribution in [0.25, 0.3) is 0 Å². The number of benzene rings is 1. The van der Waals surface area contributed by atoms with Crippen molar-refractivity contribution in [3.63, 3.8) is 0 Å². The van der Waals surface area contributed by atoms with Gasteiger partial charge in [-0.05, 0) is 18.2 Å². The number of rotatable bonds is 0. The molecule has 12 heavy (non-hydrogen) atoms. The monoisotopic (exact) mass is 198 g/mol. The highest BCUT2D eigenvalue weighted by molar-refractivity contribution is 7.80. The number of hydrogen-bond donors (Lipinski definition) is 2. The van der Waals surface area contributed by atoms with Crippen LogP contribution in [0.3, 0.4) is 0 Å². The summed E-state index contributed by atoms with van der Waals surface area (Å²) in [4.78, 5) is 0. The molecule has 3 heteroatoms. The van der Waals surface area contributed by atoms with Crippen molar-refractivity contribution in [3.05, 3.63) is 28.8 Å². The van der Waals surface area contributed by atoms with Crippen LogP contribution in [0.2, 0.25) is 5.02 Å². The Bertz CT molecular complexity index is 338. The van der Waals surface area contributed by atoms with Crippen molar-refractivity contribution in [2.24, 2.45) is 0 Å². The van der Waals surface area contributed by atoms with Gasteiger partial charge in [0.2, 0.25) is 0 Å². The molecule has 1 aromatic carbocycles. The lowest BCUT2D eigenvalue weighted by molar-refractivity contribution is 0.475. The fraction of sp³-hybridized carbons (Fsp3) is 0.111. The summed E-state index contributed by atoms with van der Waals surface area (Å²) < 4.78 is 0. The van der Waals surface area contributed by atoms with Crippen LogP contribution >= 0.6 is 24.2 Å². The number of phenols is 1. The summed E-state index contributed by atoms with van der Waals surface area (Å²) >= 11 is 9.73. The quantitative estimate of drug-likeness (QED) is 0.484. The molecule has 0 saturated carbocycles. The maximum atomic E-state index is 9.09. The van der Waals surface area contributed by atoms with Crippen molar-refractivity contribution >= 4 is 24.2 Å². The fourth-order valence-corrected chi connectivity index (χ4v) is 0.988. The predicted octanol–water partition coefficient (Wildman–Crippen LogP) is 2.33. The molecule has 0 bridgehead atoms. The van der Waals surface area contributed by atoms with Gasteiger partial charge < -0.3 is 5.11 Å². The van der Waals surface area contributed by atoms with Gasteiger partial charge in [0.1, 0.15) is 5.75 Å². The minimum atomic E-state index is 0.169. The second-order valence-electron chi connectivity index (χ2n) is 2.12. The second-order valence-corrected chi connectivity index (χ2v) is 2.85. The Hall–Kier alpha value is -0.780. The molecule has 0 amide bonds. The summed E-state index contributed by atoms with van der Waals surface area (Å²) in [6.45, 7) is 0. The molecule has 0 saturated heterocycles. The molecule has 62 valence electrons. The van der Waals surface area contributed by atoms with Crippen molar-refractivity contribution in [1.29, 1.82) is 0 Å². The number of hydrogen-bond acceptors (Lipinski definition) is 2. The lowest BCUT2D eigenvalue weighted by atomic mass is 10.2. The normalized spacial score (nSPS) is 8.83. The summed E-state index contributed by atoms with van der Waals surface area (Å²) in [5.41, 5.74) is 0.630. The van der Waals surface area contributed by atoms with E-state index in [2.05, 4.69) is 24.5 Å². The first-order valence-electron chi connectivity index (χ1n) is 3.32. The topological polar surface area (TPSA) is 20.2 Å². The van der Waals surface area contributed by atoms with E-state index in [9.17, 15) is 0 Å². The summed E-state index contributed by atoms with van der Waals surface area (Å²) in [7, 11) is 0. The Morgan fingerprint density at radius 3 is 2.92 bits per heavy atom. The van der Waals surface area contributed by atoms with Crippen LogP contribution in [0.1, 0.15) is 5.56 Å². The van der Waals surface area contributed by atoms with Crippen LogP contribution in [-0.4, -0.2) is 10.9 Å². The summed E-state index contributed by atoms with van der Waals surface area (Å²) in [5.74, 6) is 6.18. The van der Waals surface area contributed by atoms with Crippen molar-refractivity contribution in [1.82, 2.24) is 0 Å². The molecular formula is C9H7ClOS. The van der Waals surface area contributed by atoms with Crippen LogP contribution < -0.4 is 0 Å². The average molecular weight is 199 g/mol. The zero-order chi connectivity index (χ0) is 8.97. The molecule has 1 N–H and O–H groups in total. The number of thiol groups is 1. The molecule has 0 aliphatic carbocycles. The van der Waals surface area contributed by atoms with E-state index in [1.165, 1.54) is 12.1 Å². The predicted molar refractivity (Wildman–Crippen MR) is 53.8 cm³/mol. The third-order valence-corrected chi connectivity index (χ3v) is 1.74. The summed E-state index contributed by atoms with van der Waals surface area (Å²) in [5, 5.41) is 9.63. The Kier molecular flexibility index (Phi) is 3.33. The Balaban J connectivity index is 3.05. The van der Waals surface area contributed by atoms with Crippen molar-refractivity contribution in [3.8, 4) is 17.6 Å². The Morgan fingerprint density at radius 2 is 2.25 bits per heavy atom. The third kappa shape index (κ3) is 2.37. The van der Waals surface area contributed by atoms with E-state index in [1.807, 2.05) is 0 Å². The maximum Gasteiger partial charge on any atom is 0.116 e. The van der Waals surface area contributed by atoms with Gasteiger partial charge in [-0.15, -0.1) is 0 Å². The maximum absolute atomic E-state index is 9.09. The lowest BCUT2D eigenvalue weighted by Crippen LogP contribution is -1.76. The average Bonchev–Trinajstić information content (AvgIpc) is 2.07. The molecule has 0 spiro atoms. The molecule has 0 aliphatic rings. The van der Waals surface area contributed by atoms with Gasteiger partial charge in [-0.1, -0.05) is 23.4 Å². The van der Waals surface area contributed by atoms with Gasteiger partial charge in [-0.25, -0.2) is 0 Å². The molecule has 0 aromatic heterocycles.